The number of hydrogen-bond acceptors (Lipinski definition) is 3. The predicted octanol–water partition coefficient (Wildman–Crippen LogP) is 3.02. The van der Waals surface area contributed by atoms with Crippen molar-refractivity contribution >= 4 is 5.69 Å². The summed E-state index contributed by atoms with van der Waals surface area (Å²) in [5.74, 6) is 0.706. The summed E-state index contributed by atoms with van der Waals surface area (Å²) in [4.78, 5) is 0. The van der Waals surface area contributed by atoms with Crippen LogP contribution in [0.1, 0.15) is 12.6 Å². The number of aryl methyl sites for hydroxylation is 1. The van der Waals surface area contributed by atoms with Crippen LogP contribution in [0.15, 0.2) is 42.6 Å². The van der Waals surface area contributed by atoms with E-state index in [1.54, 1.807) is 0 Å². The summed E-state index contributed by atoms with van der Waals surface area (Å²) < 4.78 is 7.47. The van der Waals surface area contributed by atoms with Gasteiger partial charge < -0.3 is 14.6 Å². The van der Waals surface area contributed by atoms with E-state index in [9.17, 15) is 0 Å². The third-order valence-corrected chi connectivity index (χ3v) is 2.88. The lowest BCUT2D eigenvalue weighted by Gasteiger charge is -2.10. The molecule has 2 aromatic rings. The van der Waals surface area contributed by atoms with E-state index in [2.05, 4.69) is 29.1 Å². The molecule has 0 aliphatic carbocycles. The average molecular weight is 255 g/mol. The molecule has 0 radical (unpaired) electrons. The van der Waals surface area contributed by atoms with Gasteiger partial charge in [-0.25, -0.2) is 0 Å². The van der Waals surface area contributed by atoms with E-state index in [-0.39, 0.29) is 6.61 Å². The molecule has 0 unspecified atom stereocenters. The van der Waals surface area contributed by atoms with Gasteiger partial charge in [0.2, 0.25) is 0 Å². The first-order valence-electron chi connectivity index (χ1n) is 6.31. The van der Waals surface area contributed by atoms with Crippen LogP contribution >= 0.6 is 0 Å². The molecule has 0 saturated carbocycles. The van der Waals surface area contributed by atoms with Gasteiger partial charge in [0, 0.05) is 30.2 Å². The molecule has 0 saturated heterocycles. The van der Waals surface area contributed by atoms with Crippen LogP contribution in [0.3, 0.4) is 0 Å². The molecule has 0 amide bonds. The molecule has 0 fully saturated rings. The van der Waals surface area contributed by atoms with Gasteiger partial charge in [-0.1, -0.05) is 6.07 Å². The lowest BCUT2D eigenvalue weighted by atomic mass is 10.3. The molecule has 1 heterocycles. The van der Waals surface area contributed by atoms with Crippen molar-refractivity contribution in [3.05, 3.63) is 48.3 Å². The lowest BCUT2D eigenvalue weighted by molar-refractivity contribution is 0.368. The van der Waals surface area contributed by atoms with E-state index in [0.29, 0.717) is 5.75 Å². The van der Waals surface area contributed by atoms with E-state index in [0.717, 1.165) is 18.8 Å². The number of benzene rings is 1. The molecular formula is C15H17N3O. The third-order valence-electron chi connectivity index (χ3n) is 2.88. The average Bonchev–Trinajstić information content (AvgIpc) is 2.91. The van der Waals surface area contributed by atoms with Crippen LogP contribution in [0.2, 0.25) is 0 Å². The smallest absolute Gasteiger partial charge is 0.174 e. The Balaban J connectivity index is 1.98. The van der Waals surface area contributed by atoms with Gasteiger partial charge in [0.25, 0.3) is 0 Å². The standard InChI is InChI=1S/C15H17N3O/c1-2-18-9-4-6-14(18)12-17-13-5-3-7-15(11-13)19-10-8-16/h3-7,9,11,17H,2,10,12H2,1H3. The summed E-state index contributed by atoms with van der Waals surface area (Å²) in [6, 6.07) is 13.8. The Hall–Kier alpha value is -2.41. The van der Waals surface area contributed by atoms with Gasteiger partial charge in [-0.3, -0.25) is 0 Å². The van der Waals surface area contributed by atoms with Crippen molar-refractivity contribution in [3.8, 4) is 11.8 Å². The summed E-state index contributed by atoms with van der Waals surface area (Å²) in [6.07, 6.45) is 2.07. The van der Waals surface area contributed by atoms with Crippen molar-refractivity contribution in [1.29, 1.82) is 5.26 Å². The van der Waals surface area contributed by atoms with Crippen LogP contribution in [0.5, 0.6) is 5.75 Å². The number of anilines is 1. The van der Waals surface area contributed by atoms with Crippen LogP contribution in [0, 0.1) is 11.3 Å². The minimum atomic E-state index is 0.0716. The number of nitrogens with one attached hydrogen (secondary N) is 1. The Morgan fingerprint density at radius 3 is 3.00 bits per heavy atom. The van der Waals surface area contributed by atoms with Crippen molar-refractivity contribution in [1.82, 2.24) is 4.57 Å². The van der Waals surface area contributed by atoms with E-state index in [4.69, 9.17) is 10.00 Å². The van der Waals surface area contributed by atoms with Crippen molar-refractivity contribution in [2.75, 3.05) is 11.9 Å². The fourth-order valence-corrected chi connectivity index (χ4v) is 1.92. The van der Waals surface area contributed by atoms with E-state index in [1.165, 1.54) is 5.69 Å². The topological polar surface area (TPSA) is 50.0 Å². The normalized spacial score (nSPS) is 9.89. The zero-order valence-electron chi connectivity index (χ0n) is 11.0. The molecule has 0 atom stereocenters. The quantitative estimate of drug-likeness (QED) is 0.863. The van der Waals surface area contributed by atoms with E-state index in [1.807, 2.05) is 36.4 Å². The molecule has 19 heavy (non-hydrogen) atoms. The van der Waals surface area contributed by atoms with Gasteiger partial charge in [0.05, 0.1) is 6.54 Å². The highest BCUT2D eigenvalue weighted by Gasteiger charge is 2.00. The second kappa shape index (κ2) is 6.50. The van der Waals surface area contributed by atoms with Gasteiger partial charge >= 0.3 is 0 Å². The number of ether oxygens (including phenoxy) is 1. The zero-order valence-corrected chi connectivity index (χ0v) is 11.0. The number of aromatic nitrogens is 1. The highest BCUT2D eigenvalue weighted by Crippen LogP contribution is 2.18. The van der Waals surface area contributed by atoms with E-state index < -0.39 is 0 Å². The lowest BCUT2D eigenvalue weighted by Crippen LogP contribution is -2.06. The third kappa shape index (κ3) is 3.52. The first-order valence-corrected chi connectivity index (χ1v) is 6.31. The number of rotatable bonds is 6. The molecule has 0 aliphatic heterocycles. The van der Waals surface area contributed by atoms with Crippen LogP contribution in [-0.2, 0) is 13.1 Å². The van der Waals surface area contributed by atoms with Crippen molar-refractivity contribution < 1.29 is 4.74 Å². The summed E-state index contributed by atoms with van der Waals surface area (Å²) >= 11 is 0. The maximum Gasteiger partial charge on any atom is 0.174 e. The maximum atomic E-state index is 8.49. The van der Waals surface area contributed by atoms with Gasteiger partial charge in [-0.05, 0) is 31.2 Å². The molecule has 1 N–H and O–H groups in total. The van der Waals surface area contributed by atoms with Gasteiger partial charge in [-0.2, -0.15) is 5.26 Å². The second-order valence-corrected chi connectivity index (χ2v) is 4.11. The van der Waals surface area contributed by atoms with Gasteiger partial charge in [0.15, 0.2) is 6.61 Å². The van der Waals surface area contributed by atoms with Crippen LogP contribution in [-0.4, -0.2) is 11.2 Å². The zero-order chi connectivity index (χ0) is 13.5. The first kappa shape index (κ1) is 13.0. The molecule has 4 heteroatoms. The molecule has 1 aromatic carbocycles. The Morgan fingerprint density at radius 1 is 1.32 bits per heavy atom. The molecule has 1 aromatic heterocycles. The summed E-state index contributed by atoms with van der Waals surface area (Å²) in [7, 11) is 0. The predicted molar refractivity (Wildman–Crippen MR) is 75.0 cm³/mol. The SMILES string of the molecule is CCn1cccc1CNc1cccc(OCC#N)c1. The molecular weight excluding hydrogens is 238 g/mol. The molecule has 98 valence electrons. The molecule has 0 spiro atoms. The van der Waals surface area contributed by atoms with Crippen molar-refractivity contribution in [2.45, 2.75) is 20.0 Å². The number of nitriles is 1. The van der Waals surface area contributed by atoms with Crippen LogP contribution in [0.25, 0.3) is 0 Å². The Bertz CT molecular complexity index is 569. The summed E-state index contributed by atoms with van der Waals surface area (Å²) in [6.45, 7) is 3.93. The molecule has 0 aliphatic rings. The minimum absolute atomic E-state index is 0.0716. The van der Waals surface area contributed by atoms with Crippen LogP contribution < -0.4 is 10.1 Å². The van der Waals surface area contributed by atoms with Crippen molar-refractivity contribution in [2.24, 2.45) is 0 Å². The first-order chi connectivity index (χ1) is 9.33. The van der Waals surface area contributed by atoms with Crippen molar-refractivity contribution in [3.63, 3.8) is 0 Å². The molecule has 0 bridgehead atoms. The van der Waals surface area contributed by atoms with Gasteiger partial charge in [0.1, 0.15) is 11.8 Å². The Morgan fingerprint density at radius 2 is 2.21 bits per heavy atom. The maximum absolute atomic E-state index is 8.49. The van der Waals surface area contributed by atoms with Crippen LogP contribution in [0.4, 0.5) is 5.69 Å². The van der Waals surface area contributed by atoms with Gasteiger partial charge in [-0.15, -0.1) is 0 Å². The largest absolute Gasteiger partial charge is 0.479 e. The molecule has 2 rings (SSSR count). The number of nitrogens with zero attached hydrogens (tertiary/aromatic N) is 2. The highest BCUT2D eigenvalue weighted by atomic mass is 16.5. The van der Waals surface area contributed by atoms with E-state index >= 15 is 0 Å². The Kier molecular flexibility index (Phi) is 4.46. The minimum Gasteiger partial charge on any atom is -0.479 e. The monoisotopic (exact) mass is 255 g/mol. The fraction of sp³-hybridized carbons (Fsp3) is 0.267. The fourth-order valence-electron chi connectivity index (χ4n) is 1.92. The summed E-state index contributed by atoms with van der Waals surface area (Å²) in [5.41, 5.74) is 2.23. The Labute approximate surface area is 113 Å². The number of hydrogen-bond donors (Lipinski definition) is 1. The second-order valence-electron chi connectivity index (χ2n) is 4.11. The molecule has 4 nitrogen and oxygen atoms in total. The summed E-state index contributed by atoms with van der Waals surface area (Å²) in [5, 5.41) is 11.8. The highest BCUT2D eigenvalue weighted by molar-refractivity contribution is 5.48.